The molecule has 1 heterocycles. The van der Waals surface area contributed by atoms with Crippen LogP contribution in [0.5, 0.6) is 0 Å². The number of esters is 1. The van der Waals surface area contributed by atoms with Crippen molar-refractivity contribution < 1.29 is 9.53 Å². The molecule has 80 valence electrons. The molecule has 0 bridgehead atoms. The van der Waals surface area contributed by atoms with Crippen LogP contribution in [0.1, 0.15) is 10.4 Å². The predicted molar refractivity (Wildman–Crippen MR) is 59.5 cm³/mol. The summed E-state index contributed by atoms with van der Waals surface area (Å²) in [7, 11) is 3.38. The Balaban J connectivity index is 2.51. The maximum atomic E-state index is 11.6. The summed E-state index contributed by atoms with van der Waals surface area (Å²) in [5, 5.41) is 3.26. The van der Waals surface area contributed by atoms with Gasteiger partial charge in [-0.15, -0.1) is 0 Å². The molecule has 1 aromatic rings. The minimum absolute atomic E-state index is 0.289. The number of carbonyl (C=O) groups excluding carboxylic acids is 1. The van der Waals surface area contributed by atoms with Crippen LogP contribution in [0.3, 0.4) is 0 Å². The lowest BCUT2D eigenvalue weighted by atomic mass is 10.1. The second-order valence-electron chi connectivity index (χ2n) is 3.54. The second kappa shape index (κ2) is 3.81. The molecular weight excluding hydrogens is 192 g/mol. The van der Waals surface area contributed by atoms with E-state index in [2.05, 4.69) is 10.2 Å². The van der Waals surface area contributed by atoms with Crippen LogP contribution in [0.4, 0.5) is 11.4 Å². The van der Waals surface area contributed by atoms with Crippen molar-refractivity contribution in [1.82, 2.24) is 0 Å². The van der Waals surface area contributed by atoms with Crippen LogP contribution in [0.2, 0.25) is 0 Å². The van der Waals surface area contributed by atoms with Gasteiger partial charge in [-0.3, -0.25) is 0 Å². The third-order valence-corrected chi connectivity index (χ3v) is 2.59. The van der Waals surface area contributed by atoms with E-state index in [1.807, 2.05) is 19.2 Å². The fourth-order valence-electron chi connectivity index (χ4n) is 1.84. The molecule has 1 aromatic carbocycles. The first kappa shape index (κ1) is 9.83. The monoisotopic (exact) mass is 206 g/mol. The van der Waals surface area contributed by atoms with Crippen LogP contribution in [-0.4, -0.2) is 33.2 Å². The molecule has 0 atom stereocenters. The summed E-state index contributed by atoms with van der Waals surface area (Å²) in [4.78, 5) is 13.6. The number of para-hydroxylation sites is 1. The number of carbonyl (C=O) groups is 1. The Morgan fingerprint density at radius 2 is 2.33 bits per heavy atom. The Kier molecular flexibility index (Phi) is 2.49. The van der Waals surface area contributed by atoms with E-state index in [1.165, 1.54) is 7.11 Å². The maximum absolute atomic E-state index is 11.6. The van der Waals surface area contributed by atoms with Gasteiger partial charge in [-0.1, -0.05) is 6.07 Å². The molecule has 15 heavy (non-hydrogen) atoms. The maximum Gasteiger partial charge on any atom is 0.340 e. The average Bonchev–Trinajstić information content (AvgIpc) is 2.28. The first-order valence-electron chi connectivity index (χ1n) is 4.90. The van der Waals surface area contributed by atoms with Crippen molar-refractivity contribution >= 4 is 17.3 Å². The summed E-state index contributed by atoms with van der Waals surface area (Å²) in [6.45, 7) is 1.79. The third-order valence-electron chi connectivity index (χ3n) is 2.59. The van der Waals surface area contributed by atoms with Gasteiger partial charge in [-0.05, 0) is 12.1 Å². The van der Waals surface area contributed by atoms with Crippen LogP contribution in [0.25, 0.3) is 0 Å². The van der Waals surface area contributed by atoms with Gasteiger partial charge in [0.1, 0.15) is 0 Å². The number of anilines is 2. The van der Waals surface area contributed by atoms with E-state index in [0.717, 1.165) is 24.5 Å². The molecule has 0 amide bonds. The Labute approximate surface area is 88.8 Å². The molecule has 0 radical (unpaired) electrons. The summed E-state index contributed by atoms with van der Waals surface area (Å²) >= 11 is 0. The number of likely N-dealkylation sites (N-methyl/N-ethyl adjacent to an activating group) is 1. The molecule has 4 nitrogen and oxygen atoms in total. The molecule has 1 aliphatic heterocycles. The molecule has 0 aliphatic carbocycles. The molecule has 0 fully saturated rings. The molecule has 0 saturated heterocycles. The topological polar surface area (TPSA) is 41.6 Å². The van der Waals surface area contributed by atoms with Crippen molar-refractivity contribution in [3.63, 3.8) is 0 Å². The Morgan fingerprint density at radius 1 is 1.53 bits per heavy atom. The Morgan fingerprint density at radius 3 is 3.07 bits per heavy atom. The van der Waals surface area contributed by atoms with E-state index < -0.39 is 0 Å². The molecule has 0 aromatic heterocycles. The second-order valence-corrected chi connectivity index (χ2v) is 3.54. The fourth-order valence-corrected chi connectivity index (χ4v) is 1.84. The summed E-state index contributed by atoms with van der Waals surface area (Å²) in [5.41, 5.74) is 2.53. The molecular formula is C11H14N2O2. The van der Waals surface area contributed by atoms with Crippen molar-refractivity contribution in [2.45, 2.75) is 0 Å². The van der Waals surface area contributed by atoms with Gasteiger partial charge < -0.3 is 15.0 Å². The number of rotatable bonds is 1. The molecule has 1 aliphatic rings. The van der Waals surface area contributed by atoms with E-state index in [0.29, 0.717) is 5.56 Å². The van der Waals surface area contributed by atoms with Crippen LogP contribution < -0.4 is 10.2 Å². The van der Waals surface area contributed by atoms with Crippen LogP contribution in [-0.2, 0) is 4.74 Å². The Hall–Kier alpha value is -1.71. The predicted octanol–water partition coefficient (Wildman–Crippen LogP) is 1.33. The smallest absolute Gasteiger partial charge is 0.340 e. The minimum Gasteiger partial charge on any atom is -0.465 e. The van der Waals surface area contributed by atoms with Gasteiger partial charge in [0.25, 0.3) is 0 Å². The molecule has 0 spiro atoms. The van der Waals surface area contributed by atoms with Gasteiger partial charge in [0, 0.05) is 20.1 Å². The minimum atomic E-state index is -0.289. The van der Waals surface area contributed by atoms with E-state index >= 15 is 0 Å². The summed E-state index contributed by atoms with van der Waals surface area (Å²) in [5.74, 6) is -0.289. The molecule has 2 rings (SSSR count). The van der Waals surface area contributed by atoms with Gasteiger partial charge in [-0.25, -0.2) is 4.79 Å². The SMILES string of the molecule is COC(=O)c1cccc2c1N(C)CCN2. The van der Waals surface area contributed by atoms with Crippen molar-refractivity contribution in [3.8, 4) is 0 Å². The zero-order chi connectivity index (χ0) is 10.8. The van der Waals surface area contributed by atoms with Crippen LogP contribution >= 0.6 is 0 Å². The third kappa shape index (κ3) is 1.63. The lowest BCUT2D eigenvalue weighted by Gasteiger charge is -2.29. The zero-order valence-electron chi connectivity index (χ0n) is 8.91. The summed E-state index contributed by atoms with van der Waals surface area (Å²) in [6.07, 6.45) is 0. The number of hydrogen-bond acceptors (Lipinski definition) is 4. The van der Waals surface area contributed by atoms with E-state index in [4.69, 9.17) is 4.74 Å². The lowest BCUT2D eigenvalue weighted by Crippen LogP contribution is -2.32. The van der Waals surface area contributed by atoms with Gasteiger partial charge in [0.15, 0.2) is 0 Å². The molecule has 4 heteroatoms. The van der Waals surface area contributed by atoms with Crippen molar-refractivity contribution in [1.29, 1.82) is 0 Å². The number of benzene rings is 1. The van der Waals surface area contributed by atoms with Gasteiger partial charge >= 0.3 is 5.97 Å². The quantitative estimate of drug-likeness (QED) is 0.704. The van der Waals surface area contributed by atoms with E-state index in [1.54, 1.807) is 6.07 Å². The van der Waals surface area contributed by atoms with E-state index in [9.17, 15) is 4.79 Å². The number of ether oxygens (including phenoxy) is 1. The van der Waals surface area contributed by atoms with Crippen LogP contribution in [0.15, 0.2) is 18.2 Å². The largest absolute Gasteiger partial charge is 0.465 e. The summed E-state index contributed by atoms with van der Waals surface area (Å²) < 4.78 is 4.76. The van der Waals surface area contributed by atoms with Gasteiger partial charge in [0.05, 0.1) is 24.0 Å². The average molecular weight is 206 g/mol. The van der Waals surface area contributed by atoms with Gasteiger partial charge in [0.2, 0.25) is 0 Å². The van der Waals surface area contributed by atoms with Gasteiger partial charge in [-0.2, -0.15) is 0 Å². The number of nitrogens with zero attached hydrogens (tertiary/aromatic N) is 1. The van der Waals surface area contributed by atoms with E-state index in [-0.39, 0.29) is 5.97 Å². The number of methoxy groups -OCH3 is 1. The highest BCUT2D eigenvalue weighted by atomic mass is 16.5. The zero-order valence-corrected chi connectivity index (χ0v) is 8.91. The highest BCUT2D eigenvalue weighted by Gasteiger charge is 2.20. The lowest BCUT2D eigenvalue weighted by molar-refractivity contribution is 0.0601. The Bertz CT molecular complexity index is 390. The highest BCUT2D eigenvalue weighted by Crippen LogP contribution is 2.31. The first-order chi connectivity index (χ1) is 7.24. The molecule has 0 saturated carbocycles. The molecule has 0 unspecified atom stereocenters. The number of hydrogen-bond donors (Lipinski definition) is 1. The normalized spacial score (nSPS) is 14.1. The molecule has 1 N–H and O–H groups in total. The fraction of sp³-hybridized carbons (Fsp3) is 0.364. The van der Waals surface area contributed by atoms with Crippen molar-refractivity contribution in [2.24, 2.45) is 0 Å². The first-order valence-corrected chi connectivity index (χ1v) is 4.90. The number of nitrogens with one attached hydrogen (secondary N) is 1. The standard InChI is InChI=1S/C11H14N2O2/c1-13-7-6-12-9-5-3-4-8(10(9)13)11(14)15-2/h3-5,12H,6-7H2,1-2H3. The summed E-state index contributed by atoms with van der Waals surface area (Å²) in [6, 6.07) is 5.61. The number of fused-ring (bicyclic) bond motifs is 1. The van der Waals surface area contributed by atoms with Crippen LogP contribution in [0, 0.1) is 0 Å². The highest BCUT2D eigenvalue weighted by molar-refractivity contribution is 5.99. The van der Waals surface area contributed by atoms with Crippen molar-refractivity contribution in [2.75, 3.05) is 37.5 Å². The van der Waals surface area contributed by atoms with Crippen molar-refractivity contribution in [3.05, 3.63) is 23.8 Å².